The zero-order valence-corrected chi connectivity index (χ0v) is 13.7. The van der Waals surface area contributed by atoms with Gasteiger partial charge in [0.1, 0.15) is 0 Å². The summed E-state index contributed by atoms with van der Waals surface area (Å²) in [5.74, 6) is 0. The molecule has 2 aromatic rings. The Morgan fingerprint density at radius 1 is 0.905 bits per heavy atom. The van der Waals surface area contributed by atoms with Crippen molar-refractivity contribution in [3.05, 3.63) is 48.0 Å². The van der Waals surface area contributed by atoms with E-state index in [1.54, 1.807) is 0 Å². The van der Waals surface area contributed by atoms with E-state index in [1.807, 2.05) is 0 Å². The highest BCUT2D eigenvalue weighted by molar-refractivity contribution is 5.86. The van der Waals surface area contributed by atoms with Crippen molar-refractivity contribution in [1.82, 2.24) is 5.32 Å². The van der Waals surface area contributed by atoms with Crippen LogP contribution in [0.4, 0.5) is 0 Å². The minimum Gasteiger partial charge on any atom is -0.308 e. The van der Waals surface area contributed by atoms with Gasteiger partial charge in [0.25, 0.3) is 0 Å². The first kappa shape index (κ1) is 16.0. The third kappa shape index (κ3) is 4.57. The first-order valence-corrected chi connectivity index (χ1v) is 8.46. The second-order valence-corrected chi connectivity index (χ2v) is 6.21. The van der Waals surface area contributed by atoms with Gasteiger partial charge in [-0.1, -0.05) is 75.1 Å². The molecular weight excluding hydrogens is 254 g/mol. The molecule has 0 radical (unpaired) electrons. The summed E-state index contributed by atoms with van der Waals surface area (Å²) in [7, 11) is 0. The van der Waals surface area contributed by atoms with Gasteiger partial charge in [-0.2, -0.15) is 0 Å². The molecule has 0 fully saturated rings. The van der Waals surface area contributed by atoms with Crippen molar-refractivity contribution in [1.29, 1.82) is 0 Å². The van der Waals surface area contributed by atoms with Crippen molar-refractivity contribution < 1.29 is 0 Å². The second-order valence-electron chi connectivity index (χ2n) is 6.21. The number of hydrogen-bond acceptors (Lipinski definition) is 1. The fraction of sp³-hybridized carbons (Fsp3) is 0.500. The SMILES string of the molecule is CCCCCCC(C)NC(C)c1cccc2ccccc12. The van der Waals surface area contributed by atoms with Crippen LogP contribution in [0, 0.1) is 0 Å². The van der Waals surface area contributed by atoms with Crippen LogP contribution >= 0.6 is 0 Å². The molecule has 2 aromatic carbocycles. The third-order valence-corrected chi connectivity index (χ3v) is 4.32. The Balaban J connectivity index is 1.97. The Bertz CT molecular complexity index is 541. The maximum Gasteiger partial charge on any atom is 0.0300 e. The molecule has 0 aromatic heterocycles. The lowest BCUT2D eigenvalue weighted by atomic mass is 9.98. The molecule has 2 rings (SSSR count). The van der Waals surface area contributed by atoms with Crippen molar-refractivity contribution in [2.75, 3.05) is 0 Å². The first-order valence-electron chi connectivity index (χ1n) is 8.46. The lowest BCUT2D eigenvalue weighted by molar-refractivity contribution is 0.439. The second kappa shape index (κ2) is 8.19. The Morgan fingerprint density at radius 2 is 1.67 bits per heavy atom. The van der Waals surface area contributed by atoms with Crippen LogP contribution < -0.4 is 5.32 Å². The molecular formula is C20H29N. The van der Waals surface area contributed by atoms with Gasteiger partial charge < -0.3 is 5.32 Å². The molecule has 2 unspecified atom stereocenters. The van der Waals surface area contributed by atoms with E-state index in [0.29, 0.717) is 12.1 Å². The van der Waals surface area contributed by atoms with Crippen LogP contribution in [0.5, 0.6) is 0 Å². The van der Waals surface area contributed by atoms with Crippen LogP contribution in [-0.4, -0.2) is 6.04 Å². The standard InChI is InChI=1S/C20H29N/c1-4-5-6-7-11-16(2)21-17(3)19-15-10-13-18-12-8-9-14-20(18)19/h8-10,12-17,21H,4-7,11H2,1-3H3. The number of hydrogen-bond donors (Lipinski definition) is 1. The van der Waals surface area contributed by atoms with Gasteiger partial charge in [0.2, 0.25) is 0 Å². The minimum absolute atomic E-state index is 0.400. The maximum absolute atomic E-state index is 3.77. The predicted octanol–water partition coefficient (Wildman–Crippen LogP) is 5.85. The van der Waals surface area contributed by atoms with Gasteiger partial charge >= 0.3 is 0 Å². The van der Waals surface area contributed by atoms with Crippen LogP contribution in [0.2, 0.25) is 0 Å². The van der Waals surface area contributed by atoms with Gasteiger partial charge in [-0.05, 0) is 36.6 Å². The Kier molecular flexibility index (Phi) is 6.25. The van der Waals surface area contributed by atoms with E-state index < -0.39 is 0 Å². The molecule has 0 saturated heterocycles. The van der Waals surface area contributed by atoms with Gasteiger partial charge in [0, 0.05) is 12.1 Å². The van der Waals surface area contributed by atoms with E-state index in [1.165, 1.54) is 48.4 Å². The van der Waals surface area contributed by atoms with Crippen molar-refractivity contribution in [3.8, 4) is 0 Å². The van der Waals surface area contributed by atoms with E-state index in [9.17, 15) is 0 Å². The molecule has 0 saturated carbocycles. The fourth-order valence-corrected chi connectivity index (χ4v) is 3.11. The van der Waals surface area contributed by atoms with E-state index in [2.05, 4.69) is 68.6 Å². The van der Waals surface area contributed by atoms with Crippen LogP contribution in [0.15, 0.2) is 42.5 Å². The van der Waals surface area contributed by atoms with Crippen molar-refractivity contribution >= 4 is 10.8 Å². The monoisotopic (exact) mass is 283 g/mol. The molecule has 1 heteroatoms. The third-order valence-electron chi connectivity index (χ3n) is 4.32. The van der Waals surface area contributed by atoms with Gasteiger partial charge in [0.15, 0.2) is 0 Å². The number of unbranched alkanes of at least 4 members (excludes halogenated alkanes) is 3. The lowest BCUT2D eigenvalue weighted by Crippen LogP contribution is -2.29. The summed E-state index contributed by atoms with van der Waals surface area (Å²) in [6.07, 6.45) is 6.66. The Morgan fingerprint density at radius 3 is 2.48 bits per heavy atom. The van der Waals surface area contributed by atoms with Crippen LogP contribution in [-0.2, 0) is 0 Å². The van der Waals surface area contributed by atoms with E-state index in [0.717, 1.165) is 0 Å². The molecule has 0 aliphatic rings. The molecule has 0 spiro atoms. The van der Waals surface area contributed by atoms with Gasteiger partial charge in [0.05, 0.1) is 0 Å². The molecule has 2 atom stereocenters. The molecule has 1 N–H and O–H groups in total. The minimum atomic E-state index is 0.400. The largest absolute Gasteiger partial charge is 0.308 e. The van der Waals surface area contributed by atoms with Crippen molar-refractivity contribution in [3.63, 3.8) is 0 Å². The molecule has 0 aliphatic carbocycles. The van der Waals surface area contributed by atoms with Crippen LogP contribution in [0.3, 0.4) is 0 Å². The van der Waals surface area contributed by atoms with Gasteiger partial charge in [-0.3, -0.25) is 0 Å². The average molecular weight is 283 g/mol. The predicted molar refractivity (Wildman–Crippen MR) is 93.7 cm³/mol. The fourth-order valence-electron chi connectivity index (χ4n) is 3.11. The molecule has 114 valence electrons. The van der Waals surface area contributed by atoms with E-state index in [-0.39, 0.29) is 0 Å². The number of fused-ring (bicyclic) bond motifs is 1. The van der Waals surface area contributed by atoms with Crippen LogP contribution in [0.25, 0.3) is 10.8 Å². The zero-order chi connectivity index (χ0) is 15.1. The summed E-state index contributed by atoms with van der Waals surface area (Å²) in [5.41, 5.74) is 1.41. The van der Waals surface area contributed by atoms with Gasteiger partial charge in [-0.25, -0.2) is 0 Å². The number of rotatable bonds is 8. The van der Waals surface area contributed by atoms with Gasteiger partial charge in [-0.15, -0.1) is 0 Å². The molecule has 0 heterocycles. The molecule has 0 amide bonds. The van der Waals surface area contributed by atoms with Crippen LogP contribution in [0.1, 0.15) is 64.5 Å². The normalized spacial score (nSPS) is 14.2. The summed E-state index contributed by atoms with van der Waals surface area (Å²) in [6, 6.07) is 16.3. The summed E-state index contributed by atoms with van der Waals surface area (Å²) in [5, 5.41) is 6.47. The van der Waals surface area contributed by atoms with E-state index >= 15 is 0 Å². The summed E-state index contributed by atoms with van der Waals surface area (Å²) >= 11 is 0. The number of benzene rings is 2. The Hall–Kier alpha value is -1.34. The average Bonchev–Trinajstić information content (AvgIpc) is 2.51. The van der Waals surface area contributed by atoms with Crippen molar-refractivity contribution in [2.24, 2.45) is 0 Å². The summed E-state index contributed by atoms with van der Waals surface area (Å²) in [4.78, 5) is 0. The Labute approximate surface area is 129 Å². The van der Waals surface area contributed by atoms with Crippen molar-refractivity contribution in [2.45, 2.75) is 65.0 Å². The smallest absolute Gasteiger partial charge is 0.0300 e. The highest BCUT2D eigenvalue weighted by Gasteiger charge is 2.11. The molecule has 0 bridgehead atoms. The highest BCUT2D eigenvalue weighted by Crippen LogP contribution is 2.24. The van der Waals surface area contributed by atoms with E-state index in [4.69, 9.17) is 0 Å². The summed E-state index contributed by atoms with van der Waals surface area (Å²) in [6.45, 7) is 6.86. The molecule has 1 nitrogen and oxygen atoms in total. The molecule has 21 heavy (non-hydrogen) atoms. The number of nitrogens with one attached hydrogen (secondary N) is 1. The zero-order valence-electron chi connectivity index (χ0n) is 13.7. The first-order chi connectivity index (χ1) is 10.2. The quantitative estimate of drug-likeness (QED) is 0.599. The highest BCUT2D eigenvalue weighted by atomic mass is 14.9. The maximum atomic E-state index is 3.77. The topological polar surface area (TPSA) is 12.0 Å². The summed E-state index contributed by atoms with van der Waals surface area (Å²) < 4.78 is 0. The molecule has 0 aliphatic heterocycles. The lowest BCUT2D eigenvalue weighted by Gasteiger charge is -2.21.